The van der Waals surface area contributed by atoms with E-state index in [2.05, 4.69) is 30.3 Å². The molecule has 0 bridgehead atoms. The van der Waals surface area contributed by atoms with Crippen LogP contribution in [0.4, 0.5) is 0 Å². The van der Waals surface area contributed by atoms with Gasteiger partial charge in [-0.2, -0.15) is 0 Å². The fraction of sp³-hybridized carbons (Fsp3) is 0.600. The van der Waals surface area contributed by atoms with Gasteiger partial charge in [-0.05, 0) is 37.7 Å². The molecular formula is C15H21ClO. The summed E-state index contributed by atoms with van der Waals surface area (Å²) in [6.45, 7) is 1.77. The highest BCUT2D eigenvalue weighted by Gasteiger charge is 2.31. The molecule has 0 amide bonds. The van der Waals surface area contributed by atoms with Crippen molar-refractivity contribution in [3.05, 3.63) is 35.9 Å². The van der Waals surface area contributed by atoms with Crippen LogP contribution in [-0.2, 0) is 11.2 Å². The van der Waals surface area contributed by atoms with E-state index in [9.17, 15) is 0 Å². The summed E-state index contributed by atoms with van der Waals surface area (Å²) in [7, 11) is 0. The van der Waals surface area contributed by atoms with E-state index in [0.717, 1.165) is 31.9 Å². The predicted octanol–water partition coefficient (Wildman–Crippen LogP) is 4.04. The number of alkyl halides is 1. The van der Waals surface area contributed by atoms with Crippen molar-refractivity contribution in [3.8, 4) is 0 Å². The van der Waals surface area contributed by atoms with Crippen LogP contribution in [0.15, 0.2) is 30.3 Å². The third kappa shape index (κ3) is 3.72. The minimum absolute atomic E-state index is 0.245. The summed E-state index contributed by atoms with van der Waals surface area (Å²) in [6.07, 6.45) is 5.94. The SMILES string of the molecule is ClCC1(CCCc2ccccc2)CCCOC1. The smallest absolute Gasteiger partial charge is 0.0533 e. The standard InChI is InChI=1S/C15H21ClO/c16-12-15(10-5-11-17-13-15)9-4-8-14-6-2-1-3-7-14/h1-3,6-7H,4-5,8-13H2. The van der Waals surface area contributed by atoms with Crippen LogP contribution in [-0.4, -0.2) is 19.1 Å². The van der Waals surface area contributed by atoms with Gasteiger partial charge in [0, 0.05) is 17.9 Å². The highest BCUT2D eigenvalue weighted by Crippen LogP contribution is 2.35. The maximum atomic E-state index is 6.14. The first kappa shape index (κ1) is 12.9. The van der Waals surface area contributed by atoms with Gasteiger partial charge in [0.05, 0.1) is 6.61 Å². The van der Waals surface area contributed by atoms with E-state index < -0.39 is 0 Å². The van der Waals surface area contributed by atoms with E-state index >= 15 is 0 Å². The number of hydrogen-bond acceptors (Lipinski definition) is 1. The van der Waals surface area contributed by atoms with Gasteiger partial charge >= 0.3 is 0 Å². The molecule has 94 valence electrons. The third-order valence-electron chi connectivity index (χ3n) is 3.70. The second kappa shape index (κ2) is 6.42. The van der Waals surface area contributed by atoms with Gasteiger partial charge in [0.2, 0.25) is 0 Å². The molecule has 0 radical (unpaired) electrons. The summed E-state index contributed by atoms with van der Waals surface area (Å²) in [5.41, 5.74) is 1.67. The summed E-state index contributed by atoms with van der Waals surface area (Å²) in [5, 5.41) is 0. The van der Waals surface area contributed by atoms with Crippen LogP contribution >= 0.6 is 11.6 Å². The van der Waals surface area contributed by atoms with Crippen LogP contribution in [0.3, 0.4) is 0 Å². The van der Waals surface area contributed by atoms with Gasteiger partial charge in [0.25, 0.3) is 0 Å². The van der Waals surface area contributed by atoms with Crippen molar-refractivity contribution >= 4 is 11.6 Å². The van der Waals surface area contributed by atoms with Crippen molar-refractivity contribution in [2.24, 2.45) is 5.41 Å². The van der Waals surface area contributed by atoms with Crippen LogP contribution in [0.1, 0.15) is 31.2 Å². The fourth-order valence-corrected chi connectivity index (χ4v) is 2.94. The maximum Gasteiger partial charge on any atom is 0.0533 e. The molecule has 1 saturated heterocycles. The Bertz CT molecular complexity index is 317. The average molecular weight is 253 g/mol. The maximum absolute atomic E-state index is 6.14. The molecule has 0 aromatic heterocycles. The lowest BCUT2D eigenvalue weighted by Gasteiger charge is -2.35. The summed E-state index contributed by atoms with van der Waals surface area (Å²) in [4.78, 5) is 0. The molecule has 1 unspecified atom stereocenters. The molecule has 17 heavy (non-hydrogen) atoms. The number of halogens is 1. The van der Waals surface area contributed by atoms with Crippen LogP contribution < -0.4 is 0 Å². The van der Waals surface area contributed by atoms with Gasteiger partial charge in [0.15, 0.2) is 0 Å². The van der Waals surface area contributed by atoms with E-state index in [0.29, 0.717) is 0 Å². The lowest BCUT2D eigenvalue weighted by molar-refractivity contribution is -0.000831. The quantitative estimate of drug-likeness (QED) is 0.719. The van der Waals surface area contributed by atoms with Gasteiger partial charge in [-0.25, -0.2) is 0 Å². The zero-order chi connectivity index (χ0) is 12.0. The van der Waals surface area contributed by atoms with Crippen molar-refractivity contribution in [2.75, 3.05) is 19.1 Å². The Hall–Kier alpha value is -0.530. The van der Waals surface area contributed by atoms with E-state index in [1.807, 2.05) is 0 Å². The molecule has 1 aliphatic rings. The lowest BCUT2D eigenvalue weighted by atomic mass is 9.79. The van der Waals surface area contributed by atoms with Crippen LogP contribution in [0.2, 0.25) is 0 Å². The zero-order valence-electron chi connectivity index (χ0n) is 10.3. The van der Waals surface area contributed by atoms with Crippen molar-refractivity contribution in [1.82, 2.24) is 0 Å². The van der Waals surface area contributed by atoms with E-state index in [1.54, 1.807) is 0 Å². The summed E-state index contributed by atoms with van der Waals surface area (Å²) >= 11 is 6.14. The number of benzene rings is 1. The Morgan fingerprint density at radius 3 is 2.71 bits per heavy atom. The Labute approximate surface area is 109 Å². The predicted molar refractivity (Wildman–Crippen MR) is 72.6 cm³/mol. The van der Waals surface area contributed by atoms with Gasteiger partial charge in [-0.1, -0.05) is 30.3 Å². The highest BCUT2D eigenvalue weighted by atomic mass is 35.5. The van der Waals surface area contributed by atoms with E-state index in [-0.39, 0.29) is 5.41 Å². The minimum atomic E-state index is 0.245. The van der Waals surface area contributed by atoms with Crippen molar-refractivity contribution in [1.29, 1.82) is 0 Å². The molecule has 0 spiro atoms. The van der Waals surface area contributed by atoms with Crippen molar-refractivity contribution < 1.29 is 4.74 Å². The van der Waals surface area contributed by atoms with E-state index in [1.165, 1.54) is 24.8 Å². The van der Waals surface area contributed by atoms with Gasteiger partial charge in [-0.3, -0.25) is 0 Å². The third-order valence-corrected chi connectivity index (χ3v) is 4.27. The first-order valence-corrected chi connectivity index (χ1v) is 7.06. The van der Waals surface area contributed by atoms with Crippen LogP contribution in [0.5, 0.6) is 0 Å². The van der Waals surface area contributed by atoms with Crippen molar-refractivity contribution in [3.63, 3.8) is 0 Å². The largest absolute Gasteiger partial charge is 0.381 e. The highest BCUT2D eigenvalue weighted by molar-refractivity contribution is 6.18. The molecule has 1 nitrogen and oxygen atoms in total. The number of rotatable bonds is 5. The molecule has 2 heteroatoms. The Balaban J connectivity index is 1.80. The van der Waals surface area contributed by atoms with Gasteiger partial charge in [0.1, 0.15) is 0 Å². The number of hydrogen-bond donors (Lipinski definition) is 0. The molecule has 2 rings (SSSR count). The Kier molecular flexibility index (Phi) is 4.87. The zero-order valence-corrected chi connectivity index (χ0v) is 11.1. The first-order valence-electron chi connectivity index (χ1n) is 6.52. The minimum Gasteiger partial charge on any atom is -0.381 e. The van der Waals surface area contributed by atoms with E-state index in [4.69, 9.17) is 16.3 Å². The molecule has 1 atom stereocenters. The Morgan fingerprint density at radius 1 is 1.24 bits per heavy atom. The summed E-state index contributed by atoms with van der Waals surface area (Å²) < 4.78 is 5.59. The topological polar surface area (TPSA) is 9.23 Å². The van der Waals surface area contributed by atoms with Gasteiger partial charge in [-0.15, -0.1) is 11.6 Å². The molecule has 0 saturated carbocycles. The Morgan fingerprint density at radius 2 is 2.06 bits per heavy atom. The van der Waals surface area contributed by atoms with Crippen LogP contribution in [0.25, 0.3) is 0 Å². The van der Waals surface area contributed by atoms with Crippen LogP contribution in [0, 0.1) is 5.41 Å². The first-order chi connectivity index (χ1) is 8.35. The normalized spacial score (nSPS) is 24.8. The monoisotopic (exact) mass is 252 g/mol. The molecule has 1 aromatic rings. The molecule has 1 fully saturated rings. The second-order valence-electron chi connectivity index (χ2n) is 5.13. The molecule has 0 aliphatic carbocycles. The molecule has 1 heterocycles. The number of ether oxygens (including phenoxy) is 1. The van der Waals surface area contributed by atoms with Gasteiger partial charge < -0.3 is 4.74 Å². The molecule has 0 N–H and O–H groups in total. The summed E-state index contributed by atoms with van der Waals surface area (Å²) in [5.74, 6) is 0.738. The van der Waals surface area contributed by atoms with Crippen molar-refractivity contribution in [2.45, 2.75) is 32.1 Å². The fourth-order valence-electron chi connectivity index (χ4n) is 2.59. The molecule has 1 aromatic carbocycles. The summed E-state index contributed by atoms with van der Waals surface area (Å²) in [6, 6.07) is 10.7. The molecule has 1 aliphatic heterocycles. The number of aryl methyl sites for hydroxylation is 1. The average Bonchev–Trinajstić information content (AvgIpc) is 2.41. The molecular weight excluding hydrogens is 232 g/mol. The lowest BCUT2D eigenvalue weighted by Crippen LogP contribution is -2.33. The second-order valence-corrected chi connectivity index (χ2v) is 5.40.